The van der Waals surface area contributed by atoms with Crippen LogP contribution in [0.2, 0.25) is 0 Å². The molecule has 25 heavy (non-hydrogen) atoms. The van der Waals surface area contributed by atoms with Gasteiger partial charge in [0.15, 0.2) is 11.4 Å². The molecule has 4 rings (SSSR count). The van der Waals surface area contributed by atoms with Crippen LogP contribution in [0.5, 0.6) is 0 Å². The van der Waals surface area contributed by atoms with Crippen molar-refractivity contribution >= 4 is 22.7 Å². The fourth-order valence-corrected chi connectivity index (χ4v) is 2.72. The number of aromatic nitrogens is 1. The van der Waals surface area contributed by atoms with Crippen LogP contribution in [0.1, 0.15) is 15.9 Å². The molecule has 0 bridgehead atoms. The highest BCUT2D eigenvalue weighted by Gasteiger charge is 2.13. The highest BCUT2D eigenvalue weighted by atomic mass is 16.5. The van der Waals surface area contributed by atoms with Crippen LogP contribution in [0, 0.1) is 6.92 Å². The van der Waals surface area contributed by atoms with Gasteiger partial charge in [0.1, 0.15) is 0 Å². The molecule has 0 aliphatic carbocycles. The zero-order valence-electron chi connectivity index (χ0n) is 13.7. The second kappa shape index (κ2) is 6.24. The van der Waals surface area contributed by atoms with Gasteiger partial charge < -0.3 is 9.84 Å². The number of nitrogens with zero attached hydrogens (tertiary/aromatic N) is 1. The fraction of sp³-hybridized carbons (Fsp3) is 0.0476. The molecule has 1 aromatic heterocycles. The van der Waals surface area contributed by atoms with E-state index in [0.717, 1.165) is 16.5 Å². The zero-order valence-corrected chi connectivity index (χ0v) is 13.7. The molecule has 0 saturated carbocycles. The van der Waals surface area contributed by atoms with E-state index in [4.69, 9.17) is 4.52 Å². The Morgan fingerprint density at radius 2 is 1.64 bits per heavy atom. The van der Waals surface area contributed by atoms with E-state index in [1.807, 2.05) is 36.4 Å². The third kappa shape index (κ3) is 3.02. The summed E-state index contributed by atoms with van der Waals surface area (Å²) in [5.41, 5.74) is 4.59. The molecule has 4 heteroatoms. The van der Waals surface area contributed by atoms with E-state index < -0.39 is 0 Å². The molecular weight excluding hydrogens is 312 g/mol. The van der Waals surface area contributed by atoms with Crippen LogP contribution in [0.15, 0.2) is 77.3 Å². The number of anilines is 1. The zero-order chi connectivity index (χ0) is 17.2. The largest absolute Gasteiger partial charge is 0.354 e. The van der Waals surface area contributed by atoms with Gasteiger partial charge in [-0.15, -0.1) is 0 Å². The molecule has 0 unspecified atom stereocenters. The van der Waals surface area contributed by atoms with Crippen LogP contribution in [0.25, 0.3) is 22.1 Å². The lowest BCUT2D eigenvalue weighted by Crippen LogP contribution is -2.11. The van der Waals surface area contributed by atoms with Crippen molar-refractivity contribution in [1.29, 1.82) is 0 Å². The molecule has 4 aromatic rings. The molecule has 0 fully saturated rings. The summed E-state index contributed by atoms with van der Waals surface area (Å²) in [7, 11) is 0. The minimum absolute atomic E-state index is 0.210. The Labute approximate surface area is 145 Å². The topological polar surface area (TPSA) is 55.1 Å². The van der Waals surface area contributed by atoms with E-state index in [2.05, 4.69) is 41.7 Å². The van der Waals surface area contributed by atoms with Crippen molar-refractivity contribution in [3.05, 3.63) is 83.9 Å². The molecule has 0 aliphatic heterocycles. The van der Waals surface area contributed by atoms with Crippen molar-refractivity contribution in [3.63, 3.8) is 0 Å². The fourth-order valence-electron chi connectivity index (χ4n) is 2.72. The van der Waals surface area contributed by atoms with Crippen LogP contribution in [-0.2, 0) is 0 Å². The molecule has 1 N–H and O–H groups in total. The lowest BCUT2D eigenvalue weighted by molar-refractivity contribution is 0.102. The number of hydrogen-bond donors (Lipinski definition) is 1. The van der Waals surface area contributed by atoms with Gasteiger partial charge in [0.2, 0.25) is 0 Å². The van der Waals surface area contributed by atoms with Gasteiger partial charge >= 0.3 is 0 Å². The average molecular weight is 328 g/mol. The Morgan fingerprint density at radius 3 is 2.40 bits per heavy atom. The van der Waals surface area contributed by atoms with Crippen LogP contribution in [0.3, 0.4) is 0 Å². The number of fused-ring (bicyclic) bond motifs is 1. The number of rotatable bonds is 3. The molecule has 3 aromatic carbocycles. The Kier molecular flexibility index (Phi) is 3.78. The van der Waals surface area contributed by atoms with E-state index in [-0.39, 0.29) is 5.91 Å². The number of benzene rings is 3. The summed E-state index contributed by atoms with van der Waals surface area (Å²) in [5.74, 6) is 0.220. The lowest BCUT2D eigenvalue weighted by Gasteiger charge is -2.03. The molecule has 1 amide bonds. The third-order valence-electron chi connectivity index (χ3n) is 4.12. The van der Waals surface area contributed by atoms with Gasteiger partial charge in [-0.3, -0.25) is 4.79 Å². The van der Waals surface area contributed by atoms with Gasteiger partial charge in [0, 0.05) is 5.56 Å². The highest BCUT2D eigenvalue weighted by molar-refractivity contribution is 6.07. The van der Waals surface area contributed by atoms with E-state index in [0.29, 0.717) is 17.0 Å². The third-order valence-corrected chi connectivity index (χ3v) is 4.12. The standard InChI is InChI=1S/C21H16N2O2/c1-14-7-9-15(10-8-14)17-11-12-18-19(13-17)25-23-20(18)22-21(24)16-5-3-2-4-6-16/h2-13H,1H3,(H,22,23,24). The molecule has 0 radical (unpaired) electrons. The van der Waals surface area contributed by atoms with Crippen molar-refractivity contribution in [2.75, 3.05) is 5.32 Å². The van der Waals surface area contributed by atoms with Gasteiger partial charge in [0.05, 0.1) is 5.39 Å². The number of hydrogen-bond acceptors (Lipinski definition) is 3. The van der Waals surface area contributed by atoms with Crippen molar-refractivity contribution in [2.45, 2.75) is 6.92 Å². The second-order valence-electron chi connectivity index (χ2n) is 5.93. The summed E-state index contributed by atoms with van der Waals surface area (Å²) < 4.78 is 5.41. The number of aryl methyl sites for hydroxylation is 1. The first kappa shape index (κ1) is 15.1. The smallest absolute Gasteiger partial charge is 0.256 e. The molecule has 122 valence electrons. The first-order valence-electron chi connectivity index (χ1n) is 8.03. The summed E-state index contributed by atoms with van der Waals surface area (Å²) in [5, 5.41) is 7.58. The number of amides is 1. The predicted octanol–water partition coefficient (Wildman–Crippen LogP) is 5.06. The lowest BCUT2D eigenvalue weighted by atomic mass is 10.0. The predicted molar refractivity (Wildman–Crippen MR) is 98.6 cm³/mol. The first-order valence-corrected chi connectivity index (χ1v) is 8.03. The minimum Gasteiger partial charge on any atom is -0.354 e. The van der Waals surface area contributed by atoms with E-state index in [1.165, 1.54) is 5.56 Å². The maximum absolute atomic E-state index is 12.3. The Hall–Kier alpha value is -3.40. The van der Waals surface area contributed by atoms with Crippen LogP contribution < -0.4 is 5.32 Å². The van der Waals surface area contributed by atoms with E-state index in [1.54, 1.807) is 12.1 Å². The Bertz CT molecular complexity index is 1030. The first-order chi connectivity index (χ1) is 12.2. The normalized spacial score (nSPS) is 10.8. The molecule has 0 saturated heterocycles. The van der Waals surface area contributed by atoms with E-state index in [9.17, 15) is 4.79 Å². The van der Waals surface area contributed by atoms with Crippen LogP contribution >= 0.6 is 0 Å². The minimum atomic E-state index is -0.210. The Balaban J connectivity index is 1.64. The van der Waals surface area contributed by atoms with E-state index >= 15 is 0 Å². The molecule has 1 heterocycles. The second-order valence-corrected chi connectivity index (χ2v) is 5.93. The molecular formula is C21H16N2O2. The van der Waals surface area contributed by atoms with Gasteiger partial charge in [-0.2, -0.15) is 0 Å². The van der Waals surface area contributed by atoms with Gasteiger partial charge in [-0.25, -0.2) is 0 Å². The monoisotopic (exact) mass is 328 g/mol. The van der Waals surface area contributed by atoms with Gasteiger partial charge in [0.25, 0.3) is 5.91 Å². The van der Waals surface area contributed by atoms with Crippen LogP contribution in [-0.4, -0.2) is 11.1 Å². The van der Waals surface area contributed by atoms with Crippen LogP contribution in [0.4, 0.5) is 5.82 Å². The number of nitrogens with one attached hydrogen (secondary N) is 1. The summed E-state index contributed by atoms with van der Waals surface area (Å²) >= 11 is 0. The molecule has 0 aliphatic rings. The number of carbonyl (C=O) groups is 1. The van der Waals surface area contributed by atoms with Gasteiger partial charge in [-0.05, 0) is 42.3 Å². The molecule has 0 atom stereocenters. The summed E-state index contributed by atoms with van der Waals surface area (Å²) in [6.07, 6.45) is 0. The Morgan fingerprint density at radius 1 is 0.920 bits per heavy atom. The van der Waals surface area contributed by atoms with Crippen molar-refractivity contribution in [1.82, 2.24) is 5.16 Å². The SMILES string of the molecule is Cc1ccc(-c2ccc3c(NC(=O)c4ccccc4)noc3c2)cc1. The average Bonchev–Trinajstić information content (AvgIpc) is 3.05. The summed E-state index contributed by atoms with van der Waals surface area (Å²) in [6, 6.07) is 23.2. The summed E-state index contributed by atoms with van der Waals surface area (Å²) in [4.78, 5) is 12.3. The van der Waals surface area contributed by atoms with Crippen molar-refractivity contribution in [2.24, 2.45) is 0 Å². The molecule has 4 nitrogen and oxygen atoms in total. The quantitative estimate of drug-likeness (QED) is 0.572. The van der Waals surface area contributed by atoms with Crippen molar-refractivity contribution in [3.8, 4) is 11.1 Å². The maximum atomic E-state index is 12.3. The maximum Gasteiger partial charge on any atom is 0.256 e. The van der Waals surface area contributed by atoms with Crippen molar-refractivity contribution < 1.29 is 9.32 Å². The summed E-state index contributed by atoms with van der Waals surface area (Å²) in [6.45, 7) is 2.06. The highest BCUT2D eigenvalue weighted by Crippen LogP contribution is 2.29. The van der Waals surface area contributed by atoms with Gasteiger partial charge in [-0.1, -0.05) is 59.3 Å². The number of carbonyl (C=O) groups excluding carboxylic acids is 1. The molecule has 0 spiro atoms.